The SMILES string of the molecule is O=C(Cc1ccccc1)N[C@@H](CSC(c1ccccc1)C1c2ccccc2-c2ccccc21)C(=O)O. The van der Waals surface area contributed by atoms with E-state index in [4.69, 9.17) is 0 Å². The molecular weight excluding hydrogens is 466 g/mol. The van der Waals surface area contributed by atoms with Crippen molar-refractivity contribution in [2.75, 3.05) is 5.75 Å². The molecule has 1 aliphatic rings. The summed E-state index contributed by atoms with van der Waals surface area (Å²) in [5, 5.41) is 12.7. The number of aliphatic carboxylic acids is 1. The maximum Gasteiger partial charge on any atom is 0.327 e. The van der Waals surface area contributed by atoms with E-state index < -0.39 is 12.0 Å². The summed E-state index contributed by atoms with van der Waals surface area (Å²) in [6, 6.07) is 35.5. The number of carboxylic acid groups (broad SMARTS) is 1. The van der Waals surface area contributed by atoms with E-state index in [-0.39, 0.29) is 29.2 Å². The number of amides is 1. The van der Waals surface area contributed by atoms with E-state index in [0.29, 0.717) is 0 Å². The number of carbonyl (C=O) groups is 2. The van der Waals surface area contributed by atoms with E-state index in [1.165, 1.54) is 22.3 Å². The Labute approximate surface area is 215 Å². The molecule has 1 aliphatic carbocycles. The quantitative estimate of drug-likeness (QED) is 0.296. The van der Waals surface area contributed by atoms with Gasteiger partial charge in [-0.1, -0.05) is 109 Å². The Morgan fingerprint density at radius 2 is 1.28 bits per heavy atom. The Kier molecular flexibility index (Phi) is 7.19. The maximum atomic E-state index is 12.6. The highest BCUT2D eigenvalue weighted by Crippen LogP contribution is 2.54. The van der Waals surface area contributed by atoms with Crippen LogP contribution in [0.15, 0.2) is 109 Å². The lowest BCUT2D eigenvalue weighted by Gasteiger charge is -2.27. The molecule has 0 spiro atoms. The minimum absolute atomic E-state index is 0.0103. The van der Waals surface area contributed by atoms with Gasteiger partial charge >= 0.3 is 5.97 Å². The summed E-state index contributed by atoms with van der Waals surface area (Å²) in [5.74, 6) is -0.972. The molecule has 5 heteroatoms. The van der Waals surface area contributed by atoms with Crippen LogP contribution in [0.1, 0.15) is 33.4 Å². The molecule has 0 heterocycles. The Bertz CT molecular complexity index is 1310. The zero-order valence-corrected chi connectivity index (χ0v) is 20.5. The molecule has 0 saturated carbocycles. The third-order valence-corrected chi connectivity index (χ3v) is 8.03. The zero-order chi connectivity index (χ0) is 24.9. The molecule has 0 aromatic heterocycles. The fourth-order valence-electron chi connectivity index (χ4n) is 4.95. The molecule has 0 radical (unpaired) electrons. The summed E-state index contributed by atoms with van der Waals surface area (Å²) in [6.45, 7) is 0. The summed E-state index contributed by atoms with van der Waals surface area (Å²) in [6.07, 6.45) is 0.154. The van der Waals surface area contributed by atoms with Crippen molar-refractivity contribution in [1.29, 1.82) is 0 Å². The smallest absolute Gasteiger partial charge is 0.327 e. The number of fused-ring (bicyclic) bond motifs is 3. The zero-order valence-electron chi connectivity index (χ0n) is 19.7. The minimum atomic E-state index is -1.03. The van der Waals surface area contributed by atoms with E-state index in [2.05, 4.69) is 66.0 Å². The van der Waals surface area contributed by atoms with E-state index in [1.54, 1.807) is 11.8 Å². The highest BCUT2D eigenvalue weighted by atomic mass is 32.2. The molecule has 0 aliphatic heterocycles. The number of nitrogens with one attached hydrogen (secondary N) is 1. The van der Waals surface area contributed by atoms with E-state index in [9.17, 15) is 14.7 Å². The summed E-state index contributed by atoms with van der Waals surface area (Å²) in [5.41, 5.74) is 6.95. The molecule has 36 heavy (non-hydrogen) atoms. The van der Waals surface area contributed by atoms with Crippen LogP contribution in [-0.2, 0) is 16.0 Å². The molecule has 4 aromatic rings. The van der Waals surface area contributed by atoms with E-state index >= 15 is 0 Å². The van der Waals surface area contributed by atoms with Crippen LogP contribution in [0.25, 0.3) is 11.1 Å². The first kappa shape index (κ1) is 23.9. The van der Waals surface area contributed by atoms with Crippen LogP contribution < -0.4 is 5.32 Å². The van der Waals surface area contributed by atoms with Crippen molar-refractivity contribution in [3.8, 4) is 11.1 Å². The van der Waals surface area contributed by atoms with Crippen LogP contribution in [-0.4, -0.2) is 28.8 Å². The number of hydrogen-bond acceptors (Lipinski definition) is 3. The average molecular weight is 494 g/mol. The first-order valence-electron chi connectivity index (χ1n) is 12.0. The third-order valence-electron chi connectivity index (χ3n) is 6.60. The monoisotopic (exact) mass is 493 g/mol. The summed E-state index contributed by atoms with van der Waals surface area (Å²) in [7, 11) is 0. The molecule has 2 atom stereocenters. The van der Waals surface area contributed by atoms with E-state index in [1.807, 2.05) is 48.5 Å². The molecule has 0 bridgehead atoms. The molecule has 0 fully saturated rings. The normalized spacial score (nSPS) is 13.9. The van der Waals surface area contributed by atoms with Crippen molar-refractivity contribution >= 4 is 23.6 Å². The second kappa shape index (κ2) is 10.8. The standard InChI is InChI=1S/C31H27NO3S/c33-28(19-21-11-3-1-4-12-21)32-27(31(34)35)20-36-30(22-13-5-2-6-14-22)29-25-17-9-7-15-23(25)24-16-8-10-18-26(24)29/h1-18,27,29-30H,19-20H2,(H,32,33)(H,34,35)/t27-,30?/m0/s1. The lowest BCUT2D eigenvalue weighted by molar-refractivity contribution is -0.141. The molecule has 4 aromatic carbocycles. The van der Waals surface area contributed by atoms with Gasteiger partial charge in [0.05, 0.1) is 6.42 Å². The fourth-order valence-corrected chi connectivity index (χ4v) is 6.41. The average Bonchev–Trinajstić information content (AvgIpc) is 3.24. The number of rotatable bonds is 9. The van der Waals surface area contributed by atoms with Gasteiger partial charge in [0.2, 0.25) is 5.91 Å². The molecule has 0 saturated heterocycles. The van der Waals surface area contributed by atoms with Gasteiger partial charge in [-0.15, -0.1) is 0 Å². The van der Waals surface area contributed by atoms with Crippen molar-refractivity contribution in [2.24, 2.45) is 0 Å². The molecule has 180 valence electrons. The van der Waals surface area contributed by atoms with Gasteiger partial charge in [-0.2, -0.15) is 11.8 Å². The minimum Gasteiger partial charge on any atom is -0.480 e. The van der Waals surface area contributed by atoms with Crippen molar-refractivity contribution in [2.45, 2.75) is 23.6 Å². The number of carboxylic acids is 1. The van der Waals surface area contributed by atoms with E-state index in [0.717, 1.165) is 11.1 Å². The Morgan fingerprint density at radius 1 is 0.750 bits per heavy atom. The third kappa shape index (κ3) is 5.07. The predicted octanol–water partition coefficient (Wildman–Crippen LogP) is 6.09. The van der Waals surface area contributed by atoms with Gasteiger partial charge in [0, 0.05) is 16.9 Å². The second-order valence-corrected chi connectivity index (χ2v) is 10.1. The van der Waals surface area contributed by atoms with Crippen molar-refractivity contribution < 1.29 is 14.7 Å². The van der Waals surface area contributed by atoms with Crippen molar-refractivity contribution in [1.82, 2.24) is 5.32 Å². The van der Waals surface area contributed by atoms with Crippen LogP contribution in [0.3, 0.4) is 0 Å². The van der Waals surface area contributed by atoms with Crippen LogP contribution in [0.5, 0.6) is 0 Å². The van der Waals surface area contributed by atoms with Crippen molar-refractivity contribution in [3.63, 3.8) is 0 Å². The van der Waals surface area contributed by atoms with Crippen LogP contribution in [0.4, 0.5) is 0 Å². The Hall–Kier alpha value is -3.83. The molecule has 1 unspecified atom stereocenters. The maximum absolute atomic E-state index is 12.6. The van der Waals surface area contributed by atoms with Gasteiger partial charge < -0.3 is 10.4 Å². The summed E-state index contributed by atoms with van der Waals surface area (Å²) in [4.78, 5) is 24.8. The van der Waals surface area contributed by atoms with Crippen molar-refractivity contribution in [3.05, 3.63) is 131 Å². The van der Waals surface area contributed by atoms with Gasteiger partial charge in [-0.05, 0) is 33.4 Å². The lowest BCUT2D eigenvalue weighted by atomic mass is 9.89. The number of benzene rings is 4. The highest BCUT2D eigenvalue weighted by Gasteiger charge is 2.36. The molecule has 1 amide bonds. The topological polar surface area (TPSA) is 66.4 Å². The molecule has 2 N–H and O–H groups in total. The first-order valence-corrected chi connectivity index (χ1v) is 13.1. The molecule has 5 rings (SSSR count). The van der Waals surface area contributed by atoms with Crippen LogP contribution in [0.2, 0.25) is 0 Å². The summed E-state index contributed by atoms with van der Waals surface area (Å²) < 4.78 is 0. The highest BCUT2D eigenvalue weighted by molar-refractivity contribution is 7.99. The Morgan fingerprint density at radius 3 is 1.86 bits per heavy atom. The second-order valence-electron chi connectivity index (χ2n) is 8.94. The molecule has 4 nitrogen and oxygen atoms in total. The number of thioether (sulfide) groups is 1. The lowest BCUT2D eigenvalue weighted by Crippen LogP contribution is -2.43. The summed E-state index contributed by atoms with van der Waals surface area (Å²) >= 11 is 1.59. The Balaban J connectivity index is 1.41. The molecular formula is C31H27NO3S. The van der Waals surface area contributed by atoms with Gasteiger partial charge in [0.15, 0.2) is 0 Å². The van der Waals surface area contributed by atoms with Crippen LogP contribution in [0, 0.1) is 0 Å². The number of carbonyl (C=O) groups excluding carboxylic acids is 1. The fraction of sp³-hybridized carbons (Fsp3) is 0.161. The van der Waals surface area contributed by atoms with Gasteiger partial charge in [0.1, 0.15) is 6.04 Å². The van der Waals surface area contributed by atoms with Gasteiger partial charge in [-0.3, -0.25) is 4.79 Å². The van der Waals surface area contributed by atoms with Gasteiger partial charge in [-0.25, -0.2) is 4.79 Å². The van der Waals surface area contributed by atoms with Crippen LogP contribution >= 0.6 is 11.8 Å². The first-order chi connectivity index (χ1) is 17.6. The number of hydrogen-bond donors (Lipinski definition) is 2. The largest absolute Gasteiger partial charge is 0.480 e. The predicted molar refractivity (Wildman–Crippen MR) is 145 cm³/mol. The van der Waals surface area contributed by atoms with Gasteiger partial charge in [0.25, 0.3) is 0 Å².